The number of carbonyl (C=O) groups is 2. The van der Waals surface area contributed by atoms with Crippen molar-refractivity contribution in [1.82, 2.24) is 10.2 Å². The monoisotopic (exact) mass is 268 g/mol. The van der Waals surface area contributed by atoms with E-state index in [0.29, 0.717) is 18.9 Å². The molecule has 0 aromatic carbocycles. The molecule has 1 aliphatic heterocycles. The smallest absolute Gasteiger partial charge is 0.245 e. The van der Waals surface area contributed by atoms with Crippen LogP contribution in [-0.2, 0) is 9.59 Å². The van der Waals surface area contributed by atoms with E-state index in [1.165, 1.54) is 0 Å². The number of hydrogen-bond acceptors (Lipinski definition) is 2. The highest BCUT2D eigenvalue weighted by Crippen LogP contribution is 2.25. The van der Waals surface area contributed by atoms with Gasteiger partial charge in [-0.25, -0.2) is 0 Å². The lowest BCUT2D eigenvalue weighted by molar-refractivity contribution is -0.150. The number of rotatable bonds is 5. The number of amides is 2. The van der Waals surface area contributed by atoms with Gasteiger partial charge < -0.3 is 10.2 Å². The van der Waals surface area contributed by atoms with Crippen LogP contribution in [0.15, 0.2) is 0 Å². The van der Waals surface area contributed by atoms with Crippen molar-refractivity contribution in [2.45, 2.75) is 66.5 Å². The summed E-state index contributed by atoms with van der Waals surface area (Å²) in [7, 11) is 0. The largest absolute Gasteiger partial charge is 0.343 e. The molecule has 1 aliphatic rings. The lowest BCUT2D eigenvalue weighted by Gasteiger charge is -2.41. The molecule has 1 saturated heterocycles. The summed E-state index contributed by atoms with van der Waals surface area (Å²) in [6.07, 6.45) is 1.69. The average molecular weight is 268 g/mol. The first-order valence-corrected chi connectivity index (χ1v) is 7.29. The molecule has 0 bridgehead atoms. The van der Waals surface area contributed by atoms with Crippen LogP contribution in [0.2, 0.25) is 0 Å². The van der Waals surface area contributed by atoms with Gasteiger partial charge in [-0.1, -0.05) is 34.6 Å². The van der Waals surface area contributed by atoms with Crippen molar-refractivity contribution in [3.8, 4) is 0 Å². The second kappa shape index (κ2) is 5.93. The Balaban J connectivity index is 2.87. The quantitative estimate of drug-likeness (QED) is 0.831. The Bertz CT molecular complexity index is 350. The van der Waals surface area contributed by atoms with Gasteiger partial charge in [0.25, 0.3) is 0 Å². The van der Waals surface area contributed by atoms with Crippen LogP contribution in [0.25, 0.3) is 0 Å². The summed E-state index contributed by atoms with van der Waals surface area (Å²) >= 11 is 0. The van der Waals surface area contributed by atoms with Gasteiger partial charge >= 0.3 is 0 Å². The minimum Gasteiger partial charge on any atom is -0.343 e. The average Bonchev–Trinajstić information content (AvgIpc) is 2.31. The zero-order chi connectivity index (χ0) is 14.8. The first kappa shape index (κ1) is 16.0. The van der Waals surface area contributed by atoms with E-state index in [1.54, 1.807) is 4.90 Å². The van der Waals surface area contributed by atoms with Crippen LogP contribution >= 0.6 is 0 Å². The maximum absolute atomic E-state index is 12.5. The highest BCUT2D eigenvalue weighted by Gasteiger charge is 2.39. The molecule has 1 fully saturated rings. The molecule has 4 nitrogen and oxygen atoms in total. The molecule has 2 atom stereocenters. The Morgan fingerprint density at radius 2 is 1.89 bits per heavy atom. The fraction of sp³-hybridized carbons (Fsp3) is 0.867. The molecular weight excluding hydrogens is 240 g/mol. The molecule has 2 amide bonds. The van der Waals surface area contributed by atoms with Crippen molar-refractivity contribution in [3.05, 3.63) is 0 Å². The minimum absolute atomic E-state index is 0.0304. The van der Waals surface area contributed by atoms with Gasteiger partial charge in [0, 0.05) is 6.54 Å². The summed E-state index contributed by atoms with van der Waals surface area (Å²) in [6, 6.07) is -0.710. The summed E-state index contributed by atoms with van der Waals surface area (Å²) in [6.45, 7) is 13.0. The first-order valence-electron chi connectivity index (χ1n) is 7.29. The normalized spacial score (nSPS) is 24.9. The third-order valence-corrected chi connectivity index (χ3v) is 4.01. The second-order valence-corrected chi connectivity index (χ2v) is 6.85. The Morgan fingerprint density at radius 3 is 2.37 bits per heavy atom. The minimum atomic E-state index is -0.360. The topological polar surface area (TPSA) is 49.4 Å². The van der Waals surface area contributed by atoms with Gasteiger partial charge in [0.15, 0.2) is 0 Å². The second-order valence-electron chi connectivity index (χ2n) is 6.85. The summed E-state index contributed by atoms with van der Waals surface area (Å²) in [5.41, 5.74) is 0.0456. The number of nitrogens with one attached hydrogen (secondary N) is 1. The molecule has 1 rings (SSSR count). The van der Waals surface area contributed by atoms with Crippen molar-refractivity contribution in [2.24, 2.45) is 11.3 Å². The molecule has 0 aromatic rings. The molecule has 2 unspecified atom stereocenters. The number of hydrogen-bond donors (Lipinski definition) is 1. The molecule has 0 spiro atoms. The SMILES string of the molecule is CCC(C)(C)CN1C(=O)C(CC(C)C)NC(=O)C1C. The zero-order valence-corrected chi connectivity index (χ0v) is 13.1. The fourth-order valence-corrected chi connectivity index (χ4v) is 2.31. The Kier molecular flexibility index (Phi) is 4.99. The lowest BCUT2D eigenvalue weighted by Crippen LogP contribution is -2.63. The fourth-order valence-electron chi connectivity index (χ4n) is 2.31. The van der Waals surface area contributed by atoms with E-state index in [0.717, 1.165) is 6.42 Å². The number of nitrogens with zero attached hydrogens (tertiary/aromatic N) is 1. The highest BCUT2D eigenvalue weighted by molar-refractivity contribution is 5.96. The van der Waals surface area contributed by atoms with Crippen LogP contribution in [0.5, 0.6) is 0 Å². The standard InChI is InChI=1S/C15H28N2O2/c1-7-15(5,6)9-17-11(4)13(18)16-12(14(17)19)8-10(2)3/h10-12H,7-9H2,1-6H3,(H,16,18). The van der Waals surface area contributed by atoms with Gasteiger partial charge in [-0.3, -0.25) is 9.59 Å². The third-order valence-electron chi connectivity index (χ3n) is 4.01. The van der Waals surface area contributed by atoms with E-state index >= 15 is 0 Å². The predicted molar refractivity (Wildman–Crippen MR) is 76.6 cm³/mol. The third kappa shape index (κ3) is 3.95. The Labute approximate surface area is 116 Å². The molecular formula is C15H28N2O2. The van der Waals surface area contributed by atoms with E-state index in [2.05, 4.69) is 39.9 Å². The van der Waals surface area contributed by atoms with Gasteiger partial charge in [-0.05, 0) is 31.1 Å². The summed E-state index contributed by atoms with van der Waals surface area (Å²) in [5.74, 6) is 0.433. The maximum Gasteiger partial charge on any atom is 0.245 e. The van der Waals surface area contributed by atoms with Gasteiger partial charge in [-0.2, -0.15) is 0 Å². The van der Waals surface area contributed by atoms with Gasteiger partial charge in [0.2, 0.25) is 11.8 Å². The summed E-state index contributed by atoms with van der Waals surface area (Å²) in [4.78, 5) is 26.3. The van der Waals surface area contributed by atoms with Crippen LogP contribution in [0.3, 0.4) is 0 Å². The highest BCUT2D eigenvalue weighted by atomic mass is 16.2. The maximum atomic E-state index is 12.5. The van der Waals surface area contributed by atoms with Crippen molar-refractivity contribution >= 4 is 11.8 Å². The molecule has 1 N–H and O–H groups in total. The zero-order valence-electron chi connectivity index (χ0n) is 13.1. The van der Waals surface area contributed by atoms with Crippen molar-refractivity contribution in [2.75, 3.05) is 6.54 Å². The summed E-state index contributed by atoms with van der Waals surface area (Å²) < 4.78 is 0. The van der Waals surface area contributed by atoms with Crippen molar-refractivity contribution < 1.29 is 9.59 Å². The van der Waals surface area contributed by atoms with E-state index in [1.807, 2.05) is 6.92 Å². The van der Waals surface area contributed by atoms with Crippen LogP contribution in [0.4, 0.5) is 0 Å². The van der Waals surface area contributed by atoms with Gasteiger partial charge in [-0.15, -0.1) is 0 Å². The molecule has 19 heavy (non-hydrogen) atoms. The van der Waals surface area contributed by atoms with E-state index in [4.69, 9.17) is 0 Å². The van der Waals surface area contributed by atoms with Crippen LogP contribution in [0.1, 0.15) is 54.4 Å². The Hall–Kier alpha value is -1.06. The molecule has 0 aromatic heterocycles. The van der Waals surface area contributed by atoms with E-state index in [9.17, 15) is 9.59 Å². The molecule has 0 radical (unpaired) electrons. The van der Waals surface area contributed by atoms with Crippen molar-refractivity contribution in [1.29, 1.82) is 0 Å². The molecule has 0 aliphatic carbocycles. The van der Waals surface area contributed by atoms with Crippen LogP contribution in [0, 0.1) is 11.3 Å². The van der Waals surface area contributed by atoms with Gasteiger partial charge in [0.1, 0.15) is 12.1 Å². The number of piperazine rings is 1. The van der Waals surface area contributed by atoms with Crippen LogP contribution in [-0.4, -0.2) is 35.3 Å². The first-order chi connectivity index (χ1) is 8.68. The molecule has 110 valence electrons. The predicted octanol–water partition coefficient (Wildman–Crippen LogP) is 2.18. The van der Waals surface area contributed by atoms with E-state index in [-0.39, 0.29) is 29.3 Å². The van der Waals surface area contributed by atoms with Crippen LogP contribution < -0.4 is 5.32 Å². The number of carbonyl (C=O) groups excluding carboxylic acids is 2. The lowest BCUT2D eigenvalue weighted by atomic mass is 9.88. The van der Waals surface area contributed by atoms with Crippen molar-refractivity contribution in [3.63, 3.8) is 0 Å². The summed E-state index contributed by atoms with van der Waals surface area (Å²) in [5, 5.41) is 2.85. The molecule has 0 saturated carbocycles. The molecule has 4 heteroatoms. The van der Waals surface area contributed by atoms with Gasteiger partial charge in [0.05, 0.1) is 0 Å². The van der Waals surface area contributed by atoms with E-state index < -0.39 is 0 Å². The molecule has 1 heterocycles. The Morgan fingerprint density at radius 1 is 1.32 bits per heavy atom.